The highest BCUT2D eigenvalue weighted by Crippen LogP contribution is 2.59. The van der Waals surface area contributed by atoms with Gasteiger partial charge < -0.3 is 5.11 Å². The van der Waals surface area contributed by atoms with Gasteiger partial charge in [0.25, 0.3) is 0 Å². The Kier molecular flexibility index (Phi) is 6.93. The molecule has 0 aromatic rings. The van der Waals surface area contributed by atoms with Gasteiger partial charge in [-0.3, -0.25) is 0 Å². The number of allylic oxidation sites excluding steroid dienone is 4. The summed E-state index contributed by atoms with van der Waals surface area (Å²) in [6, 6.07) is 0. The van der Waals surface area contributed by atoms with E-state index in [1.165, 1.54) is 70.6 Å². The summed E-state index contributed by atoms with van der Waals surface area (Å²) in [7, 11) is 0. The first-order valence-corrected chi connectivity index (χ1v) is 11.9. The summed E-state index contributed by atoms with van der Waals surface area (Å²) in [6.07, 6.45) is 22.3. The number of hydrogen-bond acceptors (Lipinski definition) is 1. The molecule has 3 rings (SSSR count). The zero-order valence-electron chi connectivity index (χ0n) is 18.5. The van der Waals surface area contributed by atoms with Crippen LogP contribution in [0.5, 0.6) is 0 Å². The molecule has 0 aromatic heterocycles. The molecule has 0 aliphatic heterocycles. The first kappa shape index (κ1) is 21.2. The number of hydrogen-bond donors (Lipinski definition) is 1. The van der Waals surface area contributed by atoms with Crippen LogP contribution in [-0.4, -0.2) is 10.7 Å². The maximum absolute atomic E-state index is 10.0. The second-order valence-corrected chi connectivity index (χ2v) is 10.9. The van der Waals surface area contributed by atoms with Crippen molar-refractivity contribution in [3.05, 3.63) is 23.3 Å². The zero-order valence-corrected chi connectivity index (χ0v) is 18.5. The fraction of sp³-hybridized carbons (Fsp3) is 0.846. The van der Waals surface area contributed by atoms with Gasteiger partial charge in [0, 0.05) is 0 Å². The lowest BCUT2D eigenvalue weighted by Crippen LogP contribution is -2.36. The van der Waals surface area contributed by atoms with E-state index in [4.69, 9.17) is 0 Å². The molecule has 3 aliphatic rings. The highest BCUT2D eigenvalue weighted by molar-refractivity contribution is 5.25. The molecule has 0 radical (unpaired) electrons. The minimum atomic E-state index is -0.505. The highest BCUT2D eigenvalue weighted by atomic mass is 16.3. The zero-order chi connectivity index (χ0) is 19.5. The van der Waals surface area contributed by atoms with E-state index in [1.54, 1.807) is 11.1 Å². The molecule has 154 valence electrons. The third-order valence-electron chi connectivity index (χ3n) is 8.20. The molecule has 3 fully saturated rings. The molecule has 0 heterocycles. The standard InChI is InChI=1S/C26H44O/c1-20(10-8-18-25(2,3)27)23-16-17-24-22(13-9-19-26(23,24)4)15-14-21-11-6-5-7-12-21/h14-15,20,23-24,27H,5-13,16-19H2,1-4H3/b22-15+/t20-,23?,24?,26?/m1/s1. The van der Waals surface area contributed by atoms with E-state index in [0.29, 0.717) is 5.41 Å². The monoisotopic (exact) mass is 372 g/mol. The van der Waals surface area contributed by atoms with E-state index in [0.717, 1.165) is 30.6 Å². The van der Waals surface area contributed by atoms with Crippen LogP contribution in [0.4, 0.5) is 0 Å². The summed E-state index contributed by atoms with van der Waals surface area (Å²) in [5.41, 5.74) is 3.49. The lowest BCUT2D eigenvalue weighted by Gasteiger charge is -2.44. The van der Waals surface area contributed by atoms with Crippen LogP contribution in [0, 0.1) is 23.2 Å². The van der Waals surface area contributed by atoms with Crippen molar-refractivity contribution >= 4 is 0 Å². The van der Waals surface area contributed by atoms with Gasteiger partial charge in [0.05, 0.1) is 5.60 Å². The van der Waals surface area contributed by atoms with Crippen LogP contribution < -0.4 is 0 Å². The van der Waals surface area contributed by atoms with Gasteiger partial charge >= 0.3 is 0 Å². The van der Waals surface area contributed by atoms with Crippen molar-refractivity contribution in [3.8, 4) is 0 Å². The van der Waals surface area contributed by atoms with Crippen LogP contribution in [0.15, 0.2) is 23.3 Å². The summed E-state index contributed by atoms with van der Waals surface area (Å²) >= 11 is 0. The number of aliphatic hydroxyl groups is 1. The van der Waals surface area contributed by atoms with Crippen LogP contribution >= 0.6 is 0 Å². The molecule has 1 heteroatoms. The summed E-state index contributed by atoms with van der Waals surface area (Å²) in [5, 5.41) is 10.0. The summed E-state index contributed by atoms with van der Waals surface area (Å²) < 4.78 is 0. The smallest absolute Gasteiger partial charge is 0.0591 e. The van der Waals surface area contributed by atoms with E-state index in [-0.39, 0.29) is 0 Å². The largest absolute Gasteiger partial charge is 0.390 e. The molecule has 3 saturated carbocycles. The van der Waals surface area contributed by atoms with Gasteiger partial charge in [-0.2, -0.15) is 0 Å². The van der Waals surface area contributed by atoms with Crippen molar-refractivity contribution in [2.45, 2.75) is 117 Å². The predicted octanol–water partition coefficient (Wildman–Crippen LogP) is 7.60. The predicted molar refractivity (Wildman–Crippen MR) is 117 cm³/mol. The average molecular weight is 373 g/mol. The van der Waals surface area contributed by atoms with Gasteiger partial charge in [0.15, 0.2) is 0 Å². The molecule has 3 aliphatic carbocycles. The Morgan fingerprint density at radius 3 is 2.52 bits per heavy atom. The highest BCUT2D eigenvalue weighted by Gasteiger charge is 2.50. The Hall–Kier alpha value is -0.560. The summed E-state index contributed by atoms with van der Waals surface area (Å²) in [5.74, 6) is 2.49. The lowest BCUT2D eigenvalue weighted by atomic mass is 9.60. The average Bonchev–Trinajstić information content (AvgIpc) is 2.97. The van der Waals surface area contributed by atoms with E-state index in [1.807, 2.05) is 13.8 Å². The van der Waals surface area contributed by atoms with Crippen molar-refractivity contribution in [2.75, 3.05) is 0 Å². The molecule has 0 aromatic carbocycles. The molecular formula is C26H44O. The topological polar surface area (TPSA) is 20.2 Å². The molecule has 1 nitrogen and oxygen atoms in total. The Morgan fingerprint density at radius 2 is 1.81 bits per heavy atom. The van der Waals surface area contributed by atoms with E-state index >= 15 is 0 Å². The minimum absolute atomic E-state index is 0.505. The van der Waals surface area contributed by atoms with Crippen molar-refractivity contribution in [2.24, 2.45) is 23.2 Å². The molecule has 27 heavy (non-hydrogen) atoms. The second kappa shape index (κ2) is 8.85. The number of fused-ring (bicyclic) bond motifs is 1. The Bertz CT molecular complexity index is 541. The van der Waals surface area contributed by atoms with Crippen LogP contribution in [0.25, 0.3) is 0 Å². The Morgan fingerprint density at radius 1 is 1.07 bits per heavy atom. The first-order chi connectivity index (χ1) is 12.8. The lowest BCUT2D eigenvalue weighted by molar-refractivity contribution is 0.0597. The normalized spacial score (nSPS) is 34.6. The molecular weight excluding hydrogens is 328 g/mol. The van der Waals surface area contributed by atoms with Gasteiger partial charge in [-0.05, 0) is 101 Å². The van der Waals surface area contributed by atoms with E-state index < -0.39 is 5.60 Å². The quantitative estimate of drug-likeness (QED) is 0.509. The Labute approximate surface area is 168 Å². The van der Waals surface area contributed by atoms with Gasteiger partial charge in [-0.15, -0.1) is 0 Å². The van der Waals surface area contributed by atoms with Crippen molar-refractivity contribution in [3.63, 3.8) is 0 Å². The summed E-state index contributed by atoms with van der Waals surface area (Å²) in [6.45, 7) is 9.00. The number of rotatable bonds is 6. The maximum Gasteiger partial charge on any atom is 0.0591 e. The fourth-order valence-electron chi connectivity index (χ4n) is 6.67. The molecule has 4 atom stereocenters. The van der Waals surface area contributed by atoms with Crippen LogP contribution in [-0.2, 0) is 0 Å². The molecule has 0 bridgehead atoms. The fourth-order valence-corrected chi connectivity index (χ4v) is 6.67. The van der Waals surface area contributed by atoms with Gasteiger partial charge in [-0.25, -0.2) is 0 Å². The van der Waals surface area contributed by atoms with Crippen LogP contribution in [0.3, 0.4) is 0 Å². The van der Waals surface area contributed by atoms with E-state index in [9.17, 15) is 5.11 Å². The molecule has 0 amide bonds. The molecule has 0 saturated heterocycles. The molecule has 3 unspecified atom stereocenters. The third-order valence-corrected chi connectivity index (χ3v) is 8.20. The van der Waals surface area contributed by atoms with Crippen LogP contribution in [0.1, 0.15) is 111 Å². The SMILES string of the molecule is C[C@H](CCCC(C)(C)O)C1CCC2/C(=C/C=C3CCCCC3)CCCC21C. The third kappa shape index (κ3) is 5.28. The van der Waals surface area contributed by atoms with E-state index in [2.05, 4.69) is 26.0 Å². The van der Waals surface area contributed by atoms with Crippen molar-refractivity contribution in [1.82, 2.24) is 0 Å². The van der Waals surface area contributed by atoms with Gasteiger partial charge in [-0.1, -0.05) is 56.4 Å². The summed E-state index contributed by atoms with van der Waals surface area (Å²) in [4.78, 5) is 0. The second-order valence-electron chi connectivity index (χ2n) is 10.9. The minimum Gasteiger partial charge on any atom is -0.390 e. The van der Waals surface area contributed by atoms with Crippen molar-refractivity contribution in [1.29, 1.82) is 0 Å². The molecule has 1 N–H and O–H groups in total. The molecule has 0 spiro atoms. The van der Waals surface area contributed by atoms with Gasteiger partial charge in [0.1, 0.15) is 0 Å². The van der Waals surface area contributed by atoms with Gasteiger partial charge in [0.2, 0.25) is 0 Å². The Balaban J connectivity index is 1.64. The van der Waals surface area contributed by atoms with Crippen molar-refractivity contribution < 1.29 is 5.11 Å². The maximum atomic E-state index is 10.0. The van der Waals surface area contributed by atoms with Crippen LogP contribution in [0.2, 0.25) is 0 Å². The first-order valence-electron chi connectivity index (χ1n) is 11.9.